The van der Waals surface area contributed by atoms with Gasteiger partial charge >= 0.3 is 0 Å². The molecule has 1 fully saturated rings. The largest absolute Gasteiger partial charge is 0.493 e. The number of benzene rings is 2. The highest BCUT2D eigenvalue weighted by Gasteiger charge is 2.30. The van der Waals surface area contributed by atoms with Crippen LogP contribution in [-0.2, 0) is 21.4 Å². The third-order valence-electron chi connectivity index (χ3n) is 5.36. The van der Waals surface area contributed by atoms with E-state index in [1.165, 1.54) is 30.7 Å². The van der Waals surface area contributed by atoms with Gasteiger partial charge in [-0.1, -0.05) is 30.3 Å². The highest BCUT2D eigenvalue weighted by Crippen LogP contribution is 2.31. The predicted molar refractivity (Wildman–Crippen MR) is 118 cm³/mol. The van der Waals surface area contributed by atoms with E-state index >= 15 is 0 Å². The van der Waals surface area contributed by atoms with Gasteiger partial charge in [-0.15, -0.1) is 0 Å². The minimum absolute atomic E-state index is 0.0484. The number of hydrogen-bond acceptors (Lipinski definition) is 6. The van der Waals surface area contributed by atoms with Crippen LogP contribution in [0.4, 0.5) is 0 Å². The molecule has 1 amide bonds. The van der Waals surface area contributed by atoms with Gasteiger partial charge in [-0.05, 0) is 24.7 Å². The van der Waals surface area contributed by atoms with Crippen molar-refractivity contribution in [1.29, 1.82) is 0 Å². The molecule has 0 bridgehead atoms. The first kappa shape index (κ1) is 23.1. The monoisotopic (exact) mass is 447 g/mol. The van der Waals surface area contributed by atoms with Gasteiger partial charge in [-0.2, -0.15) is 4.31 Å². The van der Waals surface area contributed by atoms with Crippen LogP contribution < -0.4 is 9.47 Å². The fourth-order valence-electron chi connectivity index (χ4n) is 3.45. The maximum atomic E-state index is 13.5. The molecule has 3 rings (SSSR count). The maximum absolute atomic E-state index is 13.5. The maximum Gasteiger partial charge on any atom is 0.243 e. The van der Waals surface area contributed by atoms with Crippen molar-refractivity contribution in [2.45, 2.75) is 11.4 Å². The summed E-state index contributed by atoms with van der Waals surface area (Å²) in [5, 5.41) is 0. The number of nitrogens with zero attached hydrogens (tertiary/aromatic N) is 3. The average Bonchev–Trinajstić information content (AvgIpc) is 2.79. The molecule has 0 N–H and O–H groups in total. The van der Waals surface area contributed by atoms with E-state index in [2.05, 4.69) is 4.90 Å². The van der Waals surface area contributed by atoms with Crippen molar-refractivity contribution >= 4 is 15.9 Å². The average molecular weight is 448 g/mol. The van der Waals surface area contributed by atoms with E-state index in [1.807, 2.05) is 37.4 Å². The van der Waals surface area contributed by atoms with Crippen LogP contribution in [0.5, 0.6) is 11.5 Å². The number of sulfonamides is 1. The van der Waals surface area contributed by atoms with Gasteiger partial charge in [-0.3, -0.25) is 4.79 Å². The smallest absolute Gasteiger partial charge is 0.243 e. The van der Waals surface area contributed by atoms with Crippen LogP contribution in [-0.4, -0.2) is 82.4 Å². The summed E-state index contributed by atoms with van der Waals surface area (Å²) in [6.45, 7) is 2.59. The zero-order valence-corrected chi connectivity index (χ0v) is 19.0. The molecule has 1 saturated heterocycles. The number of likely N-dealkylation sites (N-methyl/N-ethyl adjacent to an activating group) is 1. The van der Waals surface area contributed by atoms with Gasteiger partial charge in [-0.25, -0.2) is 8.42 Å². The fourth-order valence-corrected chi connectivity index (χ4v) is 4.84. The summed E-state index contributed by atoms with van der Waals surface area (Å²) in [5.74, 6) is 0.547. The molecule has 2 aromatic carbocycles. The second-order valence-electron chi connectivity index (χ2n) is 7.46. The van der Waals surface area contributed by atoms with Crippen LogP contribution in [0.15, 0.2) is 53.4 Å². The van der Waals surface area contributed by atoms with Gasteiger partial charge in [0.1, 0.15) is 0 Å². The number of ether oxygens (including phenoxy) is 2. The molecule has 0 aromatic heterocycles. The van der Waals surface area contributed by atoms with Gasteiger partial charge in [0, 0.05) is 38.8 Å². The van der Waals surface area contributed by atoms with Gasteiger partial charge in [0.15, 0.2) is 11.5 Å². The first-order valence-electron chi connectivity index (χ1n) is 10.1. The molecule has 168 valence electrons. The highest BCUT2D eigenvalue weighted by molar-refractivity contribution is 7.89. The van der Waals surface area contributed by atoms with E-state index in [9.17, 15) is 13.2 Å². The predicted octanol–water partition coefficient (Wildman–Crippen LogP) is 1.67. The third kappa shape index (κ3) is 5.55. The molecule has 0 radical (unpaired) electrons. The Balaban J connectivity index is 1.90. The number of piperazine rings is 1. The Morgan fingerprint density at radius 3 is 2.23 bits per heavy atom. The lowest BCUT2D eigenvalue weighted by Crippen LogP contribution is -2.50. The molecule has 0 aliphatic carbocycles. The minimum Gasteiger partial charge on any atom is -0.493 e. The number of carbonyl (C=O) groups is 1. The van der Waals surface area contributed by atoms with Crippen LogP contribution in [0.3, 0.4) is 0 Å². The van der Waals surface area contributed by atoms with E-state index in [-0.39, 0.29) is 23.9 Å². The Morgan fingerprint density at radius 1 is 0.968 bits per heavy atom. The molecule has 9 heteroatoms. The van der Waals surface area contributed by atoms with E-state index in [0.29, 0.717) is 24.6 Å². The van der Waals surface area contributed by atoms with Gasteiger partial charge in [0.25, 0.3) is 0 Å². The molecule has 0 atom stereocenters. The Morgan fingerprint density at radius 2 is 1.61 bits per heavy atom. The molecule has 1 aliphatic heterocycles. The lowest BCUT2D eigenvalue weighted by molar-refractivity contribution is -0.133. The van der Waals surface area contributed by atoms with Crippen molar-refractivity contribution in [1.82, 2.24) is 14.1 Å². The van der Waals surface area contributed by atoms with Crippen LogP contribution in [0.25, 0.3) is 0 Å². The molecule has 8 nitrogen and oxygen atoms in total. The lowest BCUT2D eigenvalue weighted by atomic mass is 10.2. The first-order valence-corrected chi connectivity index (χ1v) is 11.5. The second-order valence-corrected chi connectivity index (χ2v) is 9.40. The van der Waals surface area contributed by atoms with Gasteiger partial charge in [0.05, 0.1) is 25.7 Å². The number of carbonyl (C=O) groups excluding carboxylic acids is 1. The van der Waals surface area contributed by atoms with Crippen molar-refractivity contribution < 1.29 is 22.7 Å². The van der Waals surface area contributed by atoms with Crippen molar-refractivity contribution in [3.8, 4) is 11.5 Å². The SMILES string of the molecule is COc1ccc(S(=O)(=O)N(CC(=O)N2CCN(C)CC2)Cc2ccccc2)cc1OC. The molecule has 2 aromatic rings. The molecular formula is C22H29N3O5S. The molecule has 31 heavy (non-hydrogen) atoms. The quantitative estimate of drug-likeness (QED) is 0.613. The molecule has 0 spiro atoms. The summed E-state index contributed by atoms with van der Waals surface area (Å²) in [6, 6.07) is 13.7. The van der Waals surface area contributed by atoms with Gasteiger partial charge < -0.3 is 19.3 Å². The van der Waals surface area contributed by atoms with Crippen molar-refractivity contribution in [2.75, 3.05) is 54.0 Å². The molecule has 0 unspecified atom stereocenters. The van der Waals surface area contributed by atoms with E-state index < -0.39 is 10.0 Å². The van der Waals surface area contributed by atoms with E-state index in [0.717, 1.165) is 18.7 Å². The lowest BCUT2D eigenvalue weighted by Gasteiger charge is -2.33. The Hall–Kier alpha value is -2.62. The van der Waals surface area contributed by atoms with Crippen molar-refractivity contribution in [3.05, 3.63) is 54.1 Å². The Labute approximate surface area is 184 Å². The van der Waals surface area contributed by atoms with E-state index in [4.69, 9.17) is 9.47 Å². The Bertz CT molecular complexity index is 989. The zero-order valence-electron chi connectivity index (χ0n) is 18.2. The van der Waals surface area contributed by atoms with Gasteiger partial charge in [0.2, 0.25) is 15.9 Å². The summed E-state index contributed by atoms with van der Waals surface area (Å²) in [4.78, 5) is 16.9. The summed E-state index contributed by atoms with van der Waals surface area (Å²) in [6.07, 6.45) is 0. The minimum atomic E-state index is -3.96. The van der Waals surface area contributed by atoms with Crippen molar-refractivity contribution in [3.63, 3.8) is 0 Å². The standard InChI is InChI=1S/C22H29N3O5S/c1-23-11-13-24(14-12-23)22(26)17-25(16-18-7-5-4-6-8-18)31(27,28)19-9-10-20(29-2)21(15-19)30-3/h4-10,15H,11-14,16-17H2,1-3H3. The number of rotatable bonds is 8. The summed E-state index contributed by atoms with van der Waals surface area (Å²) in [5.41, 5.74) is 0.803. The number of hydrogen-bond donors (Lipinski definition) is 0. The second kappa shape index (κ2) is 10.1. The van der Waals surface area contributed by atoms with E-state index in [1.54, 1.807) is 11.0 Å². The highest BCUT2D eigenvalue weighted by atomic mass is 32.2. The van der Waals surface area contributed by atoms with Crippen LogP contribution in [0, 0.1) is 0 Å². The zero-order chi connectivity index (χ0) is 22.4. The summed E-state index contributed by atoms with van der Waals surface area (Å²) >= 11 is 0. The Kier molecular flexibility index (Phi) is 7.53. The number of amides is 1. The van der Waals surface area contributed by atoms with Crippen LogP contribution in [0.2, 0.25) is 0 Å². The molecule has 1 heterocycles. The molecular weight excluding hydrogens is 418 g/mol. The third-order valence-corrected chi connectivity index (χ3v) is 7.15. The molecule has 1 aliphatic rings. The summed E-state index contributed by atoms with van der Waals surface area (Å²) in [7, 11) is 0.983. The summed E-state index contributed by atoms with van der Waals surface area (Å²) < 4.78 is 38.8. The normalized spacial score (nSPS) is 15.2. The van der Waals surface area contributed by atoms with Crippen LogP contribution in [0.1, 0.15) is 5.56 Å². The first-order chi connectivity index (χ1) is 14.8. The number of methoxy groups -OCH3 is 2. The van der Waals surface area contributed by atoms with Crippen molar-refractivity contribution in [2.24, 2.45) is 0 Å². The topological polar surface area (TPSA) is 79.4 Å². The molecule has 0 saturated carbocycles. The fraction of sp³-hybridized carbons (Fsp3) is 0.409. The van der Waals surface area contributed by atoms with Crippen LogP contribution >= 0.6 is 0 Å².